The van der Waals surface area contributed by atoms with Crippen LogP contribution in [0.2, 0.25) is 0 Å². The third-order valence-electron chi connectivity index (χ3n) is 3.68. The zero-order chi connectivity index (χ0) is 20.0. The van der Waals surface area contributed by atoms with Crippen LogP contribution in [-0.2, 0) is 14.8 Å². The number of rotatable bonds is 7. The van der Waals surface area contributed by atoms with Crippen LogP contribution < -0.4 is 14.8 Å². The molecule has 144 valence electrons. The Kier molecular flexibility index (Phi) is 7.04. The Morgan fingerprint density at radius 2 is 1.78 bits per heavy atom. The lowest BCUT2D eigenvalue weighted by Crippen LogP contribution is -2.16. The Morgan fingerprint density at radius 3 is 2.37 bits per heavy atom. The van der Waals surface area contributed by atoms with Gasteiger partial charge in [0.05, 0.1) is 7.11 Å². The lowest BCUT2D eigenvalue weighted by Gasteiger charge is -2.14. The molecule has 0 aliphatic carbocycles. The van der Waals surface area contributed by atoms with E-state index in [1.54, 1.807) is 43.3 Å². The van der Waals surface area contributed by atoms with E-state index in [0.29, 0.717) is 16.9 Å². The van der Waals surface area contributed by atoms with Crippen molar-refractivity contribution in [2.45, 2.75) is 25.2 Å². The number of carbonyl (C=O) groups is 1. The first kappa shape index (κ1) is 21.0. The van der Waals surface area contributed by atoms with E-state index in [9.17, 15) is 13.2 Å². The predicted octanol–water partition coefficient (Wildman–Crippen LogP) is 4.55. The minimum absolute atomic E-state index is 0.0668. The maximum absolute atomic E-state index is 12.8. The monoisotopic (exact) mass is 452 g/mol. The summed E-state index contributed by atoms with van der Waals surface area (Å²) < 4.78 is 34.2. The second-order valence-electron chi connectivity index (χ2n) is 5.73. The maximum Gasteiger partial charge on any atom is 0.265 e. The quantitative estimate of drug-likeness (QED) is 0.603. The summed E-state index contributed by atoms with van der Waals surface area (Å²) >= 11 is 3.31. The summed E-state index contributed by atoms with van der Waals surface area (Å²) in [6.07, 6.45) is 2.53. The third-order valence-corrected chi connectivity index (χ3v) is 5.61. The number of sulfonamides is 1. The molecular weight excluding hydrogens is 432 g/mol. The number of methoxy groups -OCH3 is 1. The summed E-state index contributed by atoms with van der Waals surface area (Å²) in [7, 11) is -2.52. The van der Waals surface area contributed by atoms with Crippen molar-refractivity contribution in [2.24, 2.45) is 0 Å². The molecule has 0 radical (unpaired) electrons. The number of carbonyl (C=O) groups excluding carboxylic acids is 1. The number of benzene rings is 2. The second-order valence-corrected chi connectivity index (χ2v) is 8.29. The first-order valence-electron chi connectivity index (χ1n) is 8.21. The van der Waals surface area contributed by atoms with E-state index in [1.807, 2.05) is 6.92 Å². The minimum Gasteiger partial charge on any atom is -0.495 e. The highest BCUT2D eigenvalue weighted by Gasteiger charge is 2.21. The molecule has 8 heteroatoms. The average molecular weight is 453 g/mol. The highest BCUT2D eigenvalue weighted by atomic mass is 79.9. The van der Waals surface area contributed by atoms with Crippen LogP contribution >= 0.6 is 15.9 Å². The lowest BCUT2D eigenvalue weighted by molar-refractivity contribution is -0.112. The topological polar surface area (TPSA) is 84.5 Å². The molecule has 2 rings (SSSR count). The summed E-state index contributed by atoms with van der Waals surface area (Å²) in [5, 5.41) is 2.70. The van der Waals surface area contributed by atoms with Crippen LogP contribution in [-0.4, -0.2) is 21.4 Å². The molecule has 0 saturated carbocycles. The summed E-state index contributed by atoms with van der Waals surface area (Å²) in [6.45, 7) is 3.64. The molecule has 2 aromatic carbocycles. The average Bonchev–Trinajstić information content (AvgIpc) is 2.63. The molecular formula is C19H21BrN2O4S. The molecule has 0 aromatic heterocycles. The van der Waals surface area contributed by atoms with Gasteiger partial charge >= 0.3 is 0 Å². The van der Waals surface area contributed by atoms with Crippen LogP contribution in [0, 0.1) is 0 Å². The maximum atomic E-state index is 12.8. The number of hydrogen-bond donors (Lipinski definition) is 2. The largest absolute Gasteiger partial charge is 0.495 e. The SMILES string of the molecule is CC/C=C(/C)C(=O)Nc1ccc(OC)c(S(=O)(=O)Nc2ccc(Br)cc2)c1. The zero-order valence-electron chi connectivity index (χ0n) is 15.2. The molecule has 0 spiro atoms. The van der Waals surface area contributed by atoms with Gasteiger partial charge in [-0.25, -0.2) is 8.42 Å². The molecule has 1 amide bonds. The van der Waals surface area contributed by atoms with Crippen molar-refractivity contribution in [3.8, 4) is 5.75 Å². The number of allylic oxidation sites excluding steroid dienone is 1. The van der Waals surface area contributed by atoms with Crippen molar-refractivity contribution < 1.29 is 17.9 Å². The number of amides is 1. The molecule has 0 aliphatic rings. The Balaban J connectivity index is 2.35. The summed E-state index contributed by atoms with van der Waals surface area (Å²) in [6, 6.07) is 11.2. The molecule has 0 saturated heterocycles. The fourth-order valence-corrected chi connectivity index (χ4v) is 3.84. The molecule has 6 nitrogen and oxygen atoms in total. The molecule has 27 heavy (non-hydrogen) atoms. The zero-order valence-corrected chi connectivity index (χ0v) is 17.6. The Morgan fingerprint density at radius 1 is 1.15 bits per heavy atom. The van der Waals surface area contributed by atoms with Crippen molar-refractivity contribution in [1.29, 1.82) is 0 Å². The van der Waals surface area contributed by atoms with Gasteiger partial charge in [0, 0.05) is 21.4 Å². The number of nitrogens with one attached hydrogen (secondary N) is 2. The van der Waals surface area contributed by atoms with Gasteiger partial charge in [0.2, 0.25) is 0 Å². The lowest BCUT2D eigenvalue weighted by atomic mass is 10.2. The first-order valence-corrected chi connectivity index (χ1v) is 10.5. The van der Waals surface area contributed by atoms with E-state index in [-0.39, 0.29) is 16.6 Å². The van der Waals surface area contributed by atoms with Crippen molar-refractivity contribution in [1.82, 2.24) is 0 Å². The molecule has 0 heterocycles. The normalized spacial score (nSPS) is 11.8. The number of hydrogen-bond acceptors (Lipinski definition) is 4. The highest BCUT2D eigenvalue weighted by Crippen LogP contribution is 2.29. The molecule has 0 atom stereocenters. The standard InChI is InChI=1S/C19H21BrN2O4S/c1-4-5-13(2)19(23)21-16-10-11-17(26-3)18(12-16)27(24,25)22-15-8-6-14(20)7-9-15/h5-12,22H,4H2,1-3H3,(H,21,23)/b13-5-. The summed E-state index contributed by atoms with van der Waals surface area (Å²) in [5.74, 6) is -0.107. The van der Waals surface area contributed by atoms with Crippen molar-refractivity contribution in [3.63, 3.8) is 0 Å². The van der Waals surface area contributed by atoms with Crippen LogP contribution in [0.3, 0.4) is 0 Å². The van der Waals surface area contributed by atoms with Gasteiger partial charge in [0.25, 0.3) is 15.9 Å². The van der Waals surface area contributed by atoms with Crippen molar-refractivity contribution >= 4 is 43.2 Å². The molecule has 0 bridgehead atoms. The second kappa shape index (κ2) is 9.05. The molecule has 2 aromatic rings. The smallest absolute Gasteiger partial charge is 0.265 e. The van der Waals surface area contributed by atoms with Crippen LogP contribution in [0.15, 0.2) is 63.5 Å². The minimum atomic E-state index is -3.91. The van der Waals surface area contributed by atoms with Crippen LogP contribution in [0.4, 0.5) is 11.4 Å². The Hall–Kier alpha value is -2.32. The van der Waals surface area contributed by atoms with Gasteiger partial charge in [-0.15, -0.1) is 0 Å². The molecule has 0 fully saturated rings. The Labute approximate surface area is 167 Å². The fourth-order valence-electron chi connectivity index (χ4n) is 2.32. The van der Waals surface area contributed by atoms with E-state index in [0.717, 1.165) is 10.9 Å². The van der Waals surface area contributed by atoms with Gasteiger partial charge in [-0.3, -0.25) is 9.52 Å². The molecule has 2 N–H and O–H groups in total. The number of anilines is 2. The van der Waals surface area contributed by atoms with E-state index in [1.165, 1.54) is 19.2 Å². The number of halogens is 1. The van der Waals surface area contributed by atoms with Gasteiger partial charge in [-0.2, -0.15) is 0 Å². The van der Waals surface area contributed by atoms with E-state index < -0.39 is 10.0 Å². The van der Waals surface area contributed by atoms with Crippen molar-refractivity contribution in [3.05, 3.63) is 58.6 Å². The summed E-state index contributed by atoms with van der Waals surface area (Å²) in [5.41, 5.74) is 1.34. The van der Waals surface area contributed by atoms with Crippen LogP contribution in [0.1, 0.15) is 20.3 Å². The van der Waals surface area contributed by atoms with E-state index in [2.05, 4.69) is 26.0 Å². The predicted molar refractivity (Wildman–Crippen MR) is 111 cm³/mol. The van der Waals surface area contributed by atoms with Gasteiger partial charge in [0.1, 0.15) is 10.6 Å². The molecule has 0 aliphatic heterocycles. The van der Waals surface area contributed by atoms with Crippen LogP contribution in [0.25, 0.3) is 0 Å². The van der Waals surface area contributed by atoms with Gasteiger partial charge in [-0.05, 0) is 55.8 Å². The highest BCUT2D eigenvalue weighted by molar-refractivity contribution is 9.10. The fraction of sp³-hybridized carbons (Fsp3) is 0.211. The van der Waals surface area contributed by atoms with Gasteiger partial charge < -0.3 is 10.1 Å². The first-order chi connectivity index (χ1) is 12.8. The van der Waals surface area contributed by atoms with E-state index >= 15 is 0 Å². The number of ether oxygens (including phenoxy) is 1. The Bertz CT molecular complexity index is 954. The molecule has 0 unspecified atom stereocenters. The van der Waals surface area contributed by atoms with E-state index in [4.69, 9.17) is 4.74 Å². The van der Waals surface area contributed by atoms with Gasteiger partial charge in [0.15, 0.2) is 0 Å². The van der Waals surface area contributed by atoms with Crippen LogP contribution in [0.5, 0.6) is 5.75 Å². The van der Waals surface area contributed by atoms with Crippen molar-refractivity contribution in [2.75, 3.05) is 17.1 Å². The van der Waals surface area contributed by atoms with Gasteiger partial charge in [-0.1, -0.05) is 28.9 Å². The third kappa shape index (κ3) is 5.58. The summed E-state index contributed by atoms with van der Waals surface area (Å²) in [4.78, 5) is 12.1.